The fourth-order valence-corrected chi connectivity index (χ4v) is 3.74. The molecular formula is C12H17Cl2NO2S. The van der Waals surface area contributed by atoms with Crippen molar-refractivity contribution in [2.75, 3.05) is 13.2 Å². The topological polar surface area (TPSA) is 41.5 Å². The van der Waals surface area contributed by atoms with Crippen LogP contribution in [0.25, 0.3) is 0 Å². The Hall–Kier alpha value is 0.160. The number of ether oxygens (including phenoxy) is 1. The van der Waals surface area contributed by atoms with Gasteiger partial charge in [-0.1, -0.05) is 23.2 Å². The van der Waals surface area contributed by atoms with Crippen LogP contribution in [0.2, 0.25) is 8.67 Å². The minimum atomic E-state index is -0.791. The van der Waals surface area contributed by atoms with E-state index in [0.29, 0.717) is 28.2 Å². The molecule has 0 aliphatic carbocycles. The van der Waals surface area contributed by atoms with E-state index in [2.05, 4.69) is 5.32 Å². The maximum Gasteiger partial charge on any atom is 0.105 e. The number of aliphatic hydroxyl groups is 1. The lowest BCUT2D eigenvalue weighted by Gasteiger charge is -2.28. The molecule has 1 saturated heterocycles. The third kappa shape index (κ3) is 3.00. The van der Waals surface area contributed by atoms with Crippen molar-refractivity contribution < 1.29 is 9.84 Å². The summed E-state index contributed by atoms with van der Waals surface area (Å²) in [5.74, 6) is 0. The van der Waals surface area contributed by atoms with Gasteiger partial charge >= 0.3 is 0 Å². The quantitative estimate of drug-likeness (QED) is 0.897. The summed E-state index contributed by atoms with van der Waals surface area (Å²) >= 11 is 13.4. The molecule has 3 unspecified atom stereocenters. The Labute approximate surface area is 121 Å². The molecule has 0 bridgehead atoms. The van der Waals surface area contributed by atoms with Crippen LogP contribution in [0.15, 0.2) is 6.07 Å². The smallest absolute Gasteiger partial charge is 0.105 e. The van der Waals surface area contributed by atoms with Crippen molar-refractivity contribution in [3.05, 3.63) is 20.3 Å². The van der Waals surface area contributed by atoms with Crippen LogP contribution < -0.4 is 5.32 Å². The summed E-state index contributed by atoms with van der Waals surface area (Å²) in [6.45, 7) is 5.00. The van der Waals surface area contributed by atoms with E-state index in [1.807, 2.05) is 19.9 Å². The summed E-state index contributed by atoms with van der Waals surface area (Å²) < 4.78 is 6.78. The van der Waals surface area contributed by atoms with Crippen molar-refractivity contribution in [3.8, 4) is 0 Å². The number of rotatable bonds is 4. The molecule has 0 saturated carbocycles. The van der Waals surface area contributed by atoms with Crippen molar-refractivity contribution in [1.82, 2.24) is 5.32 Å². The Bertz CT molecular complexity index is 426. The first kappa shape index (κ1) is 14.6. The highest BCUT2D eigenvalue weighted by Crippen LogP contribution is 2.35. The van der Waals surface area contributed by atoms with Gasteiger partial charge in [0.2, 0.25) is 0 Å². The van der Waals surface area contributed by atoms with Crippen LogP contribution in [0.3, 0.4) is 0 Å². The van der Waals surface area contributed by atoms with E-state index in [9.17, 15) is 5.11 Å². The summed E-state index contributed by atoms with van der Waals surface area (Å²) in [5.41, 5.74) is 0.183. The second-order valence-corrected chi connectivity index (χ2v) is 7.03. The first-order chi connectivity index (χ1) is 8.42. The summed E-state index contributed by atoms with van der Waals surface area (Å²) in [4.78, 5) is 0. The van der Waals surface area contributed by atoms with E-state index in [1.54, 1.807) is 0 Å². The van der Waals surface area contributed by atoms with Crippen LogP contribution in [0.1, 0.15) is 31.9 Å². The highest BCUT2D eigenvalue weighted by molar-refractivity contribution is 7.20. The lowest BCUT2D eigenvalue weighted by Crippen LogP contribution is -2.46. The zero-order valence-electron chi connectivity index (χ0n) is 10.4. The van der Waals surface area contributed by atoms with E-state index >= 15 is 0 Å². The molecule has 0 aromatic carbocycles. The monoisotopic (exact) mass is 309 g/mol. The molecule has 102 valence electrons. The SMILES string of the molecule is CC(NCC1(O)CCOC1C)c1cc(Cl)sc1Cl. The van der Waals surface area contributed by atoms with Gasteiger partial charge in [0.25, 0.3) is 0 Å². The van der Waals surface area contributed by atoms with Gasteiger partial charge in [0, 0.05) is 25.6 Å². The predicted molar refractivity (Wildman–Crippen MR) is 75.7 cm³/mol. The van der Waals surface area contributed by atoms with Gasteiger partial charge in [-0.05, 0) is 25.5 Å². The van der Waals surface area contributed by atoms with Crippen LogP contribution in [0.5, 0.6) is 0 Å². The maximum atomic E-state index is 10.4. The number of nitrogens with one attached hydrogen (secondary N) is 1. The fourth-order valence-electron chi connectivity index (χ4n) is 2.09. The Morgan fingerprint density at radius 1 is 1.67 bits per heavy atom. The molecule has 2 N–H and O–H groups in total. The molecule has 1 fully saturated rings. The minimum absolute atomic E-state index is 0.0538. The number of hydrogen-bond acceptors (Lipinski definition) is 4. The van der Waals surface area contributed by atoms with Crippen molar-refractivity contribution in [2.45, 2.75) is 38.0 Å². The molecule has 2 heterocycles. The molecule has 0 radical (unpaired) electrons. The highest BCUT2D eigenvalue weighted by Gasteiger charge is 2.39. The standard InChI is InChI=1S/C12H17Cl2NO2S/c1-7(9-5-10(13)18-11(9)14)15-6-12(16)3-4-17-8(12)2/h5,7-8,15-16H,3-4,6H2,1-2H3. The van der Waals surface area contributed by atoms with Gasteiger partial charge in [-0.25, -0.2) is 0 Å². The zero-order chi connectivity index (χ0) is 13.3. The van der Waals surface area contributed by atoms with Gasteiger partial charge < -0.3 is 15.2 Å². The molecule has 0 spiro atoms. The average molecular weight is 310 g/mol. The Morgan fingerprint density at radius 2 is 2.39 bits per heavy atom. The zero-order valence-corrected chi connectivity index (χ0v) is 12.7. The first-order valence-electron chi connectivity index (χ1n) is 5.94. The van der Waals surface area contributed by atoms with E-state index in [0.717, 1.165) is 5.56 Å². The van der Waals surface area contributed by atoms with Crippen molar-refractivity contribution >= 4 is 34.5 Å². The van der Waals surface area contributed by atoms with E-state index in [4.69, 9.17) is 27.9 Å². The lowest BCUT2D eigenvalue weighted by atomic mass is 9.96. The third-order valence-corrected chi connectivity index (χ3v) is 5.04. The van der Waals surface area contributed by atoms with E-state index < -0.39 is 5.60 Å². The molecule has 2 rings (SSSR count). The number of hydrogen-bond donors (Lipinski definition) is 2. The molecule has 1 aliphatic rings. The second-order valence-electron chi connectivity index (χ2n) is 4.75. The van der Waals surface area contributed by atoms with Crippen LogP contribution in [-0.4, -0.2) is 30.0 Å². The van der Waals surface area contributed by atoms with Crippen molar-refractivity contribution in [2.24, 2.45) is 0 Å². The molecule has 1 aromatic heterocycles. The molecule has 1 aromatic rings. The Balaban J connectivity index is 1.96. The average Bonchev–Trinajstić information content (AvgIpc) is 2.80. The summed E-state index contributed by atoms with van der Waals surface area (Å²) in [7, 11) is 0. The van der Waals surface area contributed by atoms with Gasteiger partial charge in [0.1, 0.15) is 5.60 Å². The number of thiophene rings is 1. The largest absolute Gasteiger partial charge is 0.386 e. The highest BCUT2D eigenvalue weighted by atomic mass is 35.5. The van der Waals surface area contributed by atoms with E-state index in [1.165, 1.54) is 11.3 Å². The van der Waals surface area contributed by atoms with Crippen LogP contribution >= 0.6 is 34.5 Å². The Morgan fingerprint density at radius 3 is 2.89 bits per heavy atom. The van der Waals surface area contributed by atoms with Gasteiger partial charge in [-0.2, -0.15) is 0 Å². The van der Waals surface area contributed by atoms with Crippen molar-refractivity contribution in [1.29, 1.82) is 0 Å². The van der Waals surface area contributed by atoms with Gasteiger partial charge in [-0.3, -0.25) is 0 Å². The third-order valence-electron chi connectivity index (χ3n) is 3.52. The van der Waals surface area contributed by atoms with Crippen LogP contribution in [0.4, 0.5) is 0 Å². The Kier molecular flexibility index (Phi) is 4.57. The van der Waals surface area contributed by atoms with Crippen LogP contribution in [0, 0.1) is 0 Å². The minimum Gasteiger partial charge on any atom is -0.386 e. The molecule has 3 atom stereocenters. The van der Waals surface area contributed by atoms with Gasteiger partial charge in [0.15, 0.2) is 0 Å². The summed E-state index contributed by atoms with van der Waals surface area (Å²) in [6.07, 6.45) is 0.519. The first-order valence-corrected chi connectivity index (χ1v) is 7.52. The van der Waals surface area contributed by atoms with Crippen LogP contribution in [-0.2, 0) is 4.74 Å². The normalized spacial score (nSPS) is 29.7. The second kappa shape index (κ2) is 5.65. The summed E-state index contributed by atoms with van der Waals surface area (Å²) in [6, 6.07) is 1.92. The molecule has 6 heteroatoms. The number of halogens is 2. The van der Waals surface area contributed by atoms with Crippen molar-refractivity contribution in [3.63, 3.8) is 0 Å². The summed E-state index contributed by atoms with van der Waals surface area (Å²) in [5, 5.41) is 13.7. The molecular weight excluding hydrogens is 293 g/mol. The van der Waals surface area contributed by atoms with Gasteiger partial charge in [0.05, 0.1) is 14.8 Å². The molecule has 18 heavy (non-hydrogen) atoms. The lowest BCUT2D eigenvalue weighted by molar-refractivity contribution is -0.0274. The maximum absolute atomic E-state index is 10.4. The molecule has 3 nitrogen and oxygen atoms in total. The molecule has 0 amide bonds. The van der Waals surface area contributed by atoms with Gasteiger partial charge in [-0.15, -0.1) is 11.3 Å². The predicted octanol–water partition coefficient (Wildman–Crippen LogP) is 3.25. The van der Waals surface area contributed by atoms with E-state index in [-0.39, 0.29) is 12.1 Å². The fraction of sp³-hybridized carbons (Fsp3) is 0.667. The molecule has 1 aliphatic heterocycles.